The van der Waals surface area contributed by atoms with Crippen molar-refractivity contribution in [3.63, 3.8) is 0 Å². The van der Waals surface area contributed by atoms with Crippen molar-refractivity contribution >= 4 is 25.2 Å². The normalized spacial score (nSPS) is 20.4. The Morgan fingerprint density at radius 1 is 0.759 bits per heavy atom. The van der Waals surface area contributed by atoms with Crippen LogP contribution in [0.25, 0.3) is 11.1 Å². The molecule has 2 aromatic carbocycles. The van der Waals surface area contributed by atoms with Crippen molar-refractivity contribution in [3.05, 3.63) is 77.4 Å². The predicted octanol–water partition coefficient (Wildman–Crippen LogP) is 10.5. The molecule has 298 valence electrons. The molecule has 2 N–H and O–H groups in total. The molecule has 54 heavy (non-hydrogen) atoms. The monoisotopic (exact) mass is 758 g/mol. The van der Waals surface area contributed by atoms with Gasteiger partial charge in [0.15, 0.2) is 0 Å². The molecule has 2 saturated carbocycles. The summed E-state index contributed by atoms with van der Waals surface area (Å²) in [6.45, 7) is 17.8. The Labute approximate surface area is 327 Å². The summed E-state index contributed by atoms with van der Waals surface area (Å²) in [5.74, 6) is 2.36. The van der Waals surface area contributed by atoms with Crippen LogP contribution in [0.3, 0.4) is 0 Å². The van der Waals surface area contributed by atoms with Gasteiger partial charge in [-0.15, -0.1) is 0 Å². The molecule has 7 heteroatoms. The van der Waals surface area contributed by atoms with Gasteiger partial charge < -0.3 is 19.7 Å². The summed E-state index contributed by atoms with van der Waals surface area (Å²) >= 11 is 0. The first-order valence-corrected chi connectivity index (χ1v) is 24.2. The first-order valence-electron chi connectivity index (χ1n) is 21.0. The largest absolute Gasteiger partial charge is 0.457 e. The third kappa shape index (κ3) is 12.5. The number of rotatable bonds is 20. The first-order chi connectivity index (χ1) is 25.9. The second-order valence-electron chi connectivity index (χ2n) is 17.4. The van der Waals surface area contributed by atoms with Crippen molar-refractivity contribution in [3.8, 4) is 11.1 Å². The van der Waals surface area contributed by atoms with E-state index in [1.807, 2.05) is 0 Å². The highest BCUT2D eigenvalue weighted by molar-refractivity contribution is 6.90. The minimum absolute atomic E-state index is 0.0441. The molecule has 6 nitrogen and oxygen atoms in total. The number of ether oxygens (including phenoxy) is 2. The number of benzene rings is 2. The lowest BCUT2D eigenvalue weighted by Gasteiger charge is -2.38. The van der Waals surface area contributed by atoms with E-state index in [0.717, 1.165) is 64.1 Å². The average Bonchev–Trinajstić information content (AvgIpc) is 3.17. The van der Waals surface area contributed by atoms with E-state index in [1.54, 1.807) is 13.8 Å². The number of carbonyl (C=O) groups excluding carboxylic acids is 2. The molecular weight excluding hydrogens is 689 g/mol. The van der Waals surface area contributed by atoms with E-state index in [-0.39, 0.29) is 32.3 Å². The summed E-state index contributed by atoms with van der Waals surface area (Å²) in [6, 6.07) is 14.2. The van der Waals surface area contributed by atoms with Gasteiger partial charge in [0, 0.05) is 30.3 Å². The Hall–Kier alpha value is -3.00. The maximum atomic E-state index is 12.6. The number of unbranched alkanes of at least 4 members (excludes halogenated alkanes) is 2. The third-order valence-corrected chi connectivity index (χ3v) is 16.2. The highest BCUT2D eigenvalue weighted by Crippen LogP contribution is 2.45. The summed E-state index contributed by atoms with van der Waals surface area (Å²) in [7, 11) is -2.23. The Morgan fingerprint density at radius 2 is 1.28 bits per heavy atom. The zero-order valence-electron chi connectivity index (χ0n) is 34.2. The van der Waals surface area contributed by atoms with E-state index < -0.39 is 20.0 Å². The van der Waals surface area contributed by atoms with Gasteiger partial charge in [-0.2, -0.15) is 0 Å². The lowest BCUT2D eigenvalue weighted by atomic mass is 9.68. The van der Waals surface area contributed by atoms with Crippen molar-refractivity contribution in [1.82, 2.24) is 0 Å². The second kappa shape index (κ2) is 21.3. The molecule has 2 aromatic rings. The van der Waals surface area contributed by atoms with Gasteiger partial charge in [0.25, 0.3) is 0 Å². The molecule has 2 fully saturated rings. The van der Waals surface area contributed by atoms with Gasteiger partial charge in [-0.05, 0) is 128 Å². The van der Waals surface area contributed by atoms with Crippen LogP contribution in [0, 0.1) is 23.7 Å². The fourth-order valence-electron chi connectivity index (χ4n) is 9.27. The molecule has 4 rings (SSSR count). The van der Waals surface area contributed by atoms with Crippen LogP contribution in [0.5, 0.6) is 0 Å². The van der Waals surface area contributed by atoms with E-state index in [1.165, 1.54) is 82.6 Å². The number of aliphatic hydroxyl groups is 2. The van der Waals surface area contributed by atoms with E-state index in [2.05, 4.69) is 69.6 Å². The molecule has 0 atom stereocenters. The Bertz CT molecular complexity index is 1470. The van der Waals surface area contributed by atoms with Gasteiger partial charge in [-0.25, -0.2) is 9.59 Å². The van der Waals surface area contributed by atoms with Gasteiger partial charge in [-0.1, -0.05) is 108 Å². The topological polar surface area (TPSA) is 93.1 Å². The molecule has 0 amide bonds. The van der Waals surface area contributed by atoms with Crippen LogP contribution in [-0.2, 0) is 32.3 Å². The molecule has 2 aliphatic carbocycles. The van der Waals surface area contributed by atoms with Crippen molar-refractivity contribution in [2.45, 2.75) is 149 Å². The van der Waals surface area contributed by atoms with E-state index in [4.69, 9.17) is 9.47 Å². The fraction of sp³-hybridized carbons (Fsp3) is 0.617. The smallest absolute Gasteiger partial charge is 0.333 e. The molecule has 0 heterocycles. The molecular formula is C47H70O6Si. The van der Waals surface area contributed by atoms with Gasteiger partial charge in [-0.3, -0.25) is 0 Å². The Kier molecular flexibility index (Phi) is 17.3. The summed E-state index contributed by atoms with van der Waals surface area (Å²) < 4.78 is 11.6. The molecule has 0 unspecified atom stereocenters. The van der Waals surface area contributed by atoms with Crippen molar-refractivity contribution in [2.24, 2.45) is 23.7 Å². The minimum atomic E-state index is -2.23. The summed E-state index contributed by atoms with van der Waals surface area (Å²) in [5, 5.41) is 20.4. The van der Waals surface area contributed by atoms with Crippen LogP contribution in [0.4, 0.5) is 0 Å². The molecule has 0 spiro atoms. The number of hydrogen-bond donors (Lipinski definition) is 2. The van der Waals surface area contributed by atoms with Crippen LogP contribution in [0.15, 0.2) is 60.7 Å². The molecule has 2 aliphatic rings. The third-order valence-electron chi connectivity index (χ3n) is 12.6. The number of esters is 2. The first kappa shape index (κ1) is 43.7. The standard InChI is InChI=1S/C47H70O6Si/c1-8-9-10-12-35-14-16-37(17-15-35)38-18-20-39(21-19-38)40-22-24-41(25-23-40)42-27-43(31-52-46(50)33(2)3)45(44(28-42)32-53-47(51)34(4)5)54(6,7)26-11-13-36(29-48)30-49/h22-25,27-28,35-39,48-49H,2,4,8-21,26,29-32H2,1,3,5-7H3. The summed E-state index contributed by atoms with van der Waals surface area (Å²) in [5.41, 5.74) is 5.99. The van der Waals surface area contributed by atoms with Crippen LogP contribution < -0.4 is 5.19 Å². The Morgan fingerprint density at radius 3 is 1.76 bits per heavy atom. The summed E-state index contributed by atoms with van der Waals surface area (Å²) in [6.07, 6.45) is 18.1. The molecule has 0 bridgehead atoms. The SMILES string of the molecule is C=C(C)C(=O)OCc1cc(-c2ccc(C3CCC(C4CCC(CCCCC)CC4)CC3)cc2)cc(COC(=O)C(=C)C)c1[Si](C)(C)CCCC(CO)CO. The van der Waals surface area contributed by atoms with Gasteiger partial charge in [0.2, 0.25) is 0 Å². The maximum Gasteiger partial charge on any atom is 0.333 e. The van der Waals surface area contributed by atoms with Gasteiger partial charge in [0.1, 0.15) is 13.2 Å². The van der Waals surface area contributed by atoms with Gasteiger partial charge >= 0.3 is 11.9 Å². The quantitative estimate of drug-likeness (QED) is 0.0604. The highest BCUT2D eigenvalue weighted by atomic mass is 28.3. The molecule has 0 saturated heterocycles. The fourth-order valence-corrected chi connectivity index (χ4v) is 12.6. The molecule has 0 radical (unpaired) electrons. The second-order valence-corrected chi connectivity index (χ2v) is 22.2. The zero-order chi connectivity index (χ0) is 39.3. The van der Waals surface area contributed by atoms with Crippen LogP contribution >= 0.6 is 0 Å². The Balaban J connectivity index is 1.55. The van der Waals surface area contributed by atoms with Crippen LogP contribution in [0.2, 0.25) is 19.1 Å². The van der Waals surface area contributed by atoms with Crippen molar-refractivity contribution < 1.29 is 29.3 Å². The minimum Gasteiger partial charge on any atom is -0.457 e. The molecule has 0 aromatic heterocycles. The van der Waals surface area contributed by atoms with E-state index in [0.29, 0.717) is 17.1 Å². The summed E-state index contributed by atoms with van der Waals surface area (Å²) in [4.78, 5) is 25.3. The number of aliphatic hydroxyl groups excluding tert-OH is 2. The van der Waals surface area contributed by atoms with Crippen molar-refractivity contribution in [2.75, 3.05) is 13.2 Å². The van der Waals surface area contributed by atoms with E-state index in [9.17, 15) is 19.8 Å². The maximum absolute atomic E-state index is 12.6. The van der Waals surface area contributed by atoms with Crippen LogP contribution in [-0.4, -0.2) is 43.4 Å². The number of hydrogen-bond acceptors (Lipinski definition) is 6. The highest BCUT2D eigenvalue weighted by Gasteiger charge is 2.33. The van der Waals surface area contributed by atoms with Crippen LogP contribution in [0.1, 0.15) is 133 Å². The van der Waals surface area contributed by atoms with E-state index >= 15 is 0 Å². The zero-order valence-corrected chi connectivity index (χ0v) is 35.2. The predicted molar refractivity (Wildman–Crippen MR) is 224 cm³/mol. The average molecular weight is 759 g/mol. The van der Waals surface area contributed by atoms with Gasteiger partial charge in [0.05, 0.1) is 8.07 Å². The molecule has 0 aliphatic heterocycles. The lowest BCUT2D eigenvalue weighted by Crippen LogP contribution is -2.46. The van der Waals surface area contributed by atoms with Crippen molar-refractivity contribution in [1.29, 1.82) is 0 Å². The number of carbonyl (C=O) groups is 2. The lowest BCUT2D eigenvalue weighted by molar-refractivity contribution is -0.140.